The number of anilines is 1. The third-order valence-corrected chi connectivity index (χ3v) is 4.02. The molecule has 1 N–H and O–H groups in total. The molecule has 0 unspecified atom stereocenters. The Bertz CT molecular complexity index is 658. The zero-order valence-electron chi connectivity index (χ0n) is 10.7. The summed E-state index contributed by atoms with van der Waals surface area (Å²) >= 11 is 6.61. The summed E-state index contributed by atoms with van der Waals surface area (Å²) in [7, 11) is 0. The molecule has 0 atom stereocenters. The molecule has 20 heavy (non-hydrogen) atoms. The molecule has 0 aromatic heterocycles. The molecule has 0 saturated carbocycles. The van der Waals surface area contributed by atoms with Gasteiger partial charge in [0.2, 0.25) is 0 Å². The van der Waals surface area contributed by atoms with E-state index >= 15 is 0 Å². The molecule has 2 aromatic carbocycles. The maximum absolute atomic E-state index is 13.0. The lowest BCUT2D eigenvalue weighted by atomic mass is 10.1. The Balaban J connectivity index is 2.28. The third kappa shape index (κ3) is 3.46. The average Bonchev–Trinajstić information content (AvgIpc) is 2.40. The van der Waals surface area contributed by atoms with Gasteiger partial charge in [0.05, 0.1) is 5.56 Å². The van der Waals surface area contributed by atoms with Crippen LogP contribution in [0.1, 0.15) is 22.8 Å². The number of amides is 1. The number of carbonyl (C=O) groups excluding carboxylic acids is 1. The smallest absolute Gasteiger partial charge is 0.256 e. The molecule has 104 valence electrons. The van der Waals surface area contributed by atoms with Gasteiger partial charge in [-0.1, -0.05) is 22.9 Å². The molecule has 0 aliphatic carbocycles. The summed E-state index contributed by atoms with van der Waals surface area (Å²) < 4.78 is 14.4. The van der Waals surface area contributed by atoms with E-state index in [2.05, 4.69) is 37.2 Å². The SMILES string of the molecule is CCc1cc(Br)ccc1NC(=O)c1ccc(F)cc1Br. The van der Waals surface area contributed by atoms with E-state index < -0.39 is 0 Å². The van der Waals surface area contributed by atoms with Gasteiger partial charge in [0.15, 0.2) is 0 Å². The molecule has 0 bridgehead atoms. The molecule has 1 amide bonds. The maximum Gasteiger partial charge on any atom is 0.256 e. The Hall–Kier alpha value is -1.20. The van der Waals surface area contributed by atoms with Gasteiger partial charge >= 0.3 is 0 Å². The van der Waals surface area contributed by atoms with E-state index in [1.54, 1.807) is 0 Å². The molecule has 0 radical (unpaired) electrons. The second kappa shape index (κ2) is 6.50. The van der Waals surface area contributed by atoms with Crippen LogP contribution in [0.25, 0.3) is 0 Å². The molecule has 0 saturated heterocycles. The van der Waals surface area contributed by atoms with E-state index in [4.69, 9.17) is 0 Å². The lowest BCUT2D eigenvalue weighted by molar-refractivity contribution is 0.102. The van der Waals surface area contributed by atoms with Crippen molar-refractivity contribution in [1.82, 2.24) is 0 Å². The van der Waals surface area contributed by atoms with Gasteiger partial charge in [0.1, 0.15) is 5.82 Å². The summed E-state index contributed by atoms with van der Waals surface area (Å²) in [5, 5.41) is 2.85. The number of carbonyl (C=O) groups is 1. The molecule has 0 aliphatic rings. The largest absolute Gasteiger partial charge is 0.322 e. The molecule has 0 fully saturated rings. The summed E-state index contributed by atoms with van der Waals surface area (Å²) in [5.41, 5.74) is 2.19. The Morgan fingerprint density at radius 1 is 1.20 bits per heavy atom. The lowest BCUT2D eigenvalue weighted by Crippen LogP contribution is -2.14. The molecule has 2 aromatic rings. The predicted octanol–water partition coefficient (Wildman–Crippen LogP) is 5.17. The number of aryl methyl sites for hydroxylation is 1. The highest BCUT2D eigenvalue weighted by Crippen LogP contribution is 2.24. The van der Waals surface area contributed by atoms with Crippen LogP contribution in [0.2, 0.25) is 0 Å². The van der Waals surface area contributed by atoms with E-state index in [0.717, 1.165) is 22.1 Å². The fourth-order valence-electron chi connectivity index (χ4n) is 1.84. The van der Waals surface area contributed by atoms with Crippen LogP contribution in [0.3, 0.4) is 0 Å². The van der Waals surface area contributed by atoms with Crippen LogP contribution in [-0.2, 0) is 6.42 Å². The zero-order valence-corrected chi connectivity index (χ0v) is 13.9. The Kier molecular flexibility index (Phi) is 4.94. The topological polar surface area (TPSA) is 29.1 Å². The second-order valence-corrected chi connectivity index (χ2v) is 6.00. The lowest BCUT2D eigenvalue weighted by Gasteiger charge is -2.11. The van der Waals surface area contributed by atoms with Gasteiger partial charge in [-0.2, -0.15) is 0 Å². The number of hydrogen-bond acceptors (Lipinski definition) is 1. The summed E-state index contributed by atoms with van der Waals surface area (Å²) in [6.07, 6.45) is 0.805. The highest BCUT2D eigenvalue weighted by molar-refractivity contribution is 9.10. The number of benzene rings is 2. The molecule has 0 heterocycles. The van der Waals surface area contributed by atoms with Crippen LogP contribution in [0.15, 0.2) is 45.3 Å². The van der Waals surface area contributed by atoms with Gasteiger partial charge in [-0.3, -0.25) is 4.79 Å². The quantitative estimate of drug-likeness (QED) is 0.756. The average molecular weight is 401 g/mol. The number of nitrogens with one attached hydrogen (secondary N) is 1. The van der Waals surface area contributed by atoms with Crippen LogP contribution in [0, 0.1) is 5.82 Å². The van der Waals surface area contributed by atoms with Gasteiger partial charge in [0, 0.05) is 14.6 Å². The van der Waals surface area contributed by atoms with Crippen molar-refractivity contribution in [1.29, 1.82) is 0 Å². The van der Waals surface area contributed by atoms with Crippen molar-refractivity contribution in [3.05, 3.63) is 62.3 Å². The van der Waals surface area contributed by atoms with Crippen LogP contribution < -0.4 is 5.32 Å². The minimum absolute atomic E-state index is 0.270. The van der Waals surface area contributed by atoms with Crippen molar-refractivity contribution in [3.8, 4) is 0 Å². The Morgan fingerprint density at radius 2 is 1.95 bits per heavy atom. The second-order valence-electron chi connectivity index (χ2n) is 4.23. The van der Waals surface area contributed by atoms with Crippen molar-refractivity contribution in [3.63, 3.8) is 0 Å². The highest BCUT2D eigenvalue weighted by atomic mass is 79.9. The molecule has 0 spiro atoms. The van der Waals surface area contributed by atoms with Gasteiger partial charge < -0.3 is 5.32 Å². The van der Waals surface area contributed by atoms with Crippen molar-refractivity contribution >= 4 is 43.5 Å². The fourth-order valence-corrected chi connectivity index (χ4v) is 2.78. The summed E-state index contributed by atoms with van der Waals surface area (Å²) in [6.45, 7) is 2.02. The van der Waals surface area contributed by atoms with E-state index in [1.165, 1.54) is 18.2 Å². The Morgan fingerprint density at radius 3 is 2.60 bits per heavy atom. The standard InChI is InChI=1S/C15H12Br2FNO/c1-2-9-7-10(16)3-6-14(9)19-15(20)12-5-4-11(18)8-13(12)17/h3-8H,2H2,1H3,(H,19,20). The first-order valence-electron chi connectivity index (χ1n) is 6.06. The number of halogens is 3. The van der Waals surface area contributed by atoms with Gasteiger partial charge in [-0.15, -0.1) is 0 Å². The highest BCUT2D eigenvalue weighted by Gasteiger charge is 2.12. The molecule has 2 rings (SSSR count). The molecule has 2 nitrogen and oxygen atoms in total. The molecule has 0 aliphatic heterocycles. The van der Waals surface area contributed by atoms with Gasteiger partial charge in [-0.05, 0) is 64.3 Å². The first kappa shape index (κ1) is 15.2. The first-order valence-corrected chi connectivity index (χ1v) is 7.64. The third-order valence-electron chi connectivity index (χ3n) is 2.87. The summed E-state index contributed by atoms with van der Waals surface area (Å²) in [5.74, 6) is -0.653. The van der Waals surface area contributed by atoms with Crippen LogP contribution >= 0.6 is 31.9 Å². The van der Waals surface area contributed by atoms with Gasteiger partial charge in [-0.25, -0.2) is 4.39 Å². The fraction of sp³-hybridized carbons (Fsp3) is 0.133. The summed E-state index contributed by atoms with van der Waals surface area (Å²) in [4.78, 5) is 12.2. The predicted molar refractivity (Wildman–Crippen MR) is 85.6 cm³/mol. The van der Waals surface area contributed by atoms with Crippen molar-refractivity contribution < 1.29 is 9.18 Å². The van der Waals surface area contributed by atoms with E-state index in [1.807, 2.05) is 25.1 Å². The molecular weight excluding hydrogens is 389 g/mol. The maximum atomic E-state index is 13.0. The minimum atomic E-state index is -0.383. The zero-order chi connectivity index (χ0) is 14.7. The van der Waals surface area contributed by atoms with Crippen LogP contribution in [-0.4, -0.2) is 5.91 Å². The molecular formula is C15H12Br2FNO. The molecule has 5 heteroatoms. The van der Waals surface area contributed by atoms with Crippen molar-refractivity contribution in [2.75, 3.05) is 5.32 Å². The first-order chi connectivity index (χ1) is 9.51. The number of rotatable bonds is 3. The van der Waals surface area contributed by atoms with E-state index in [9.17, 15) is 9.18 Å². The van der Waals surface area contributed by atoms with Crippen molar-refractivity contribution in [2.45, 2.75) is 13.3 Å². The monoisotopic (exact) mass is 399 g/mol. The Labute approximate surface area is 133 Å². The van der Waals surface area contributed by atoms with Crippen LogP contribution in [0.5, 0.6) is 0 Å². The van der Waals surface area contributed by atoms with E-state index in [0.29, 0.717) is 10.0 Å². The minimum Gasteiger partial charge on any atom is -0.322 e. The van der Waals surface area contributed by atoms with Gasteiger partial charge in [0.25, 0.3) is 5.91 Å². The van der Waals surface area contributed by atoms with Crippen molar-refractivity contribution in [2.24, 2.45) is 0 Å². The normalized spacial score (nSPS) is 10.4. The summed E-state index contributed by atoms with van der Waals surface area (Å²) in [6, 6.07) is 9.68. The van der Waals surface area contributed by atoms with Crippen LogP contribution in [0.4, 0.5) is 10.1 Å². The van der Waals surface area contributed by atoms with E-state index in [-0.39, 0.29) is 11.7 Å². The number of hydrogen-bond donors (Lipinski definition) is 1.